The van der Waals surface area contributed by atoms with Crippen molar-refractivity contribution in [1.29, 1.82) is 0 Å². The van der Waals surface area contributed by atoms with Crippen molar-refractivity contribution in [2.75, 3.05) is 26.8 Å². The predicted molar refractivity (Wildman–Crippen MR) is 92.5 cm³/mol. The molecule has 0 aromatic carbocycles. The number of carbonyl (C=O) groups is 2. The number of methoxy groups -OCH3 is 1. The first kappa shape index (κ1) is 17.7. The zero-order valence-electron chi connectivity index (χ0n) is 15.0. The highest BCUT2D eigenvalue weighted by Crippen LogP contribution is 2.49. The van der Waals surface area contributed by atoms with Gasteiger partial charge in [-0.1, -0.05) is 25.7 Å². The highest BCUT2D eigenvalue weighted by Gasteiger charge is 2.49. The monoisotopic (exact) mass is 336 g/mol. The van der Waals surface area contributed by atoms with Crippen LogP contribution in [0.2, 0.25) is 0 Å². The summed E-state index contributed by atoms with van der Waals surface area (Å²) in [4.78, 5) is 26.3. The van der Waals surface area contributed by atoms with Crippen LogP contribution >= 0.6 is 0 Å². The standard InChI is InChI=1S/C19H32N2O3/c1-24-14-17(22)20-16-8-9-19(16)10-12-21(13-11-19)18(23)7-6-15-4-2-3-5-15/h15-16H,2-14H2,1H3,(H,20,22). The molecule has 1 atom stereocenters. The molecule has 0 aromatic rings. The molecule has 0 radical (unpaired) electrons. The fourth-order valence-corrected chi connectivity index (χ4v) is 4.87. The van der Waals surface area contributed by atoms with Crippen LogP contribution < -0.4 is 5.32 Å². The average Bonchev–Trinajstić information content (AvgIpc) is 3.10. The van der Waals surface area contributed by atoms with Crippen molar-refractivity contribution >= 4 is 11.8 Å². The number of likely N-dealkylation sites (tertiary alicyclic amines) is 1. The Kier molecular flexibility index (Phi) is 5.80. The summed E-state index contributed by atoms with van der Waals surface area (Å²) in [6, 6.07) is 0.274. The molecule has 5 nitrogen and oxygen atoms in total. The molecule has 0 aromatic heterocycles. The fourth-order valence-electron chi connectivity index (χ4n) is 4.87. The van der Waals surface area contributed by atoms with E-state index in [-0.39, 0.29) is 24.0 Å². The largest absolute Gasteiger partial charge is 0.375 e. The minimum Gasteiger partial charge on any atom is -0.375 e. The predicted octanol–water partition coefficient (Wildman–Crippen LogP) is 2.49. The van der Waals surface area contributed by atoms with Crippen molar-refractivity contribution in [2.45, 2.75) is 70.3 Å². The van der Waals surface area contributed by atoms with Crippen molar-refractivity contribution in [3.63, 3.8) is 0 Å². The first-order valence-corrected chi connectivity index (χ1v) is 9.69. The first-order valence-electron chi connectivity index (χ1n) is 9.69. The number of hydrogen-bond acceptors (Lipinski definition) is 3. The number of nitrogens with one attached hydrogen (secondary N) is 1. The summed E-state index contributed by atoms with van der Waals surface area (Å²) in [7, 11) is 1.55. The van der Waals surface area contributed by atoms with E-state index in [4.69, 9.17) is 4.74 Å². The van der Waals surface area contributed by atoms with Gasteiger partial charge in [0.15, 0.2) is 0 Å². The van der Waals surface area contributed by atoms with Crippen LogP contribution in [-0.4, -0.2) is 49.6 Å². The zero-order chi connectivity index (χ0) is 17.0. The van der Waals surface area contributed by atoms with Gasteiger partial charge in [-0.25, -0.2) is 0 Å². The number of nitrogens with zero attached hydrogens (tertiary/aromatic N) is 1. The molecular weight excluding hydrogens is 304 g/mol. The van der Waals surface area contributed by atoms with E-state index in [2.05, 4.69) is 10.2 Å². The second-order valence-corrected chi connectivity index (χ2v) is 8.02. The maximum atomic E-state index is 12.5. The van der Waals surface area contributed by atoms with Gasteiger partial charge in [0.25, 0.3) is 0 Å². The lowest BCUT2D eigenvalue weighted by atomic mass is 9.59. The van der Waals surface area contributed by atoms with Crippen LogP contribution in [0.5, 0.6) is 0 Å². The van der Waals surface area contributed by atoms with Crippen molar-refractivity contribution in [3.05, 3.63) is 0 Å². The molecule has 3 fully saturated rings. The lowest BCUT2D eigenvalue weighted by Crippen LogP contribution is -2.60. The molecule has 1 N–H and O–H groups in total. The maximum absolute atomic E-state index is 12.5. The molecule has 136 valence electrons. The molecule has 3 aliphatic rings. The molecule has 24 heavy (non-hydrogen) atoms. The molecule has 1 heterocycles. The van der Waals surface area contributed by atoms with E-state index >= 15 is 0 Å². The highest BCUT2D eigenvalue weighted by molar-refractivity contribution is 5.78. The third-order valence-corrected chi connectivity index (χ3v) is 6.63. The fraction of sp³-hybridized carbons (Fsp3) is 0.895. The molecular formula is C19H32N2O3. The lowest BCUT2D eigenvalue weighted by Gasteiger charge is -2.54. The average molecular weight is 336 g/mol. The Bertz CT molecular complexity index is 452. The molecule has 1 unspecified atom stereocenters. The van der Waals surface area contributed by atoms with Crippen LogP contribution in [0.15, 0.2) is 0 Å². The third kappa shape index (κ3) is 3.93. The quantitative estimate of drug-likeness (QED) is 0.811. The van der Waals surface area contributed by atoms with Gasteiger partial charge in [0, 0.05) is 32.7 Å². The Morgan fingerprint density at radius 2 is 1.83 bits per heavy atom. The van der Waals surface area contributed by atoms with E-state index in [9.17, 15) is 9.59 Å². The van der Waals surface area contributed by atoms with E-state index in [1.807, 2.05) is 0 Å². The van der Waals surface area contributed by atoms with E-state index in [0.717, 1.165) is 51.1 Å². The van der Waals surface area contributed by atoms with Gasteiger partial charge in [-0.15, -0.1) is 0 Å². The van der Waals surface area contributed by atoms with Gasteiger partial charge in [0.05, 0.1) is 0 Å². The van der Waals surface area contributed by atoms with Gasteiger partial charge in [-0.05, 0) is 43.4 Å². The second-order valence-electron chi connectivity index (χ2n) is 8.02. The van der Waals surface area contributed by atoms with Crippen LogP contribution in [0.3, 0.4) is 0 Å². The minimum absolute atomic E-state index is 0.0170. The van der Waals surface area contributed by atoms with Gasteiger partial charge in [0.1, 0.15) is 6.61 Å². The molecule has 2 aliphatic carbocycles. The number of hydrogen-bond donors (Lipinski definition) is 1. The topological polar surface area (TPSA) is 58.6 Å². The van der Waals surface area contributed by atoms with E-state index in [1.165, 1.54) is 32.1 Å². The minimum atomic E-state index is -0.0170. The zero-order valence-corrected chi connectivity index (χ0v) is 15.0. The van der Waals surface area contributed by atoms with Gasteiger partial charge in [-0.3, -0.25) is 9.59 Å². The molecule has 2 amide bonds. The molecule has 2 saturated carbocycles. The molecule has 1 spiro atoms. The second kappa shape index (κ2) is 7.85. The molecule has 1 saturated heterocycles. The number of ether oxygens (including phenoxy) is 1. The van der Waals surface area contributed by atoms with Crippen LogP contribution in [-0.2, 0) is 14.3 Å². The van der Waals surface area contributed by atoms with Crippen LogP contribution in [0.25, 0.3) is 0 Å². The normalized spacial score (nSPS) is 26.4. The van der Waals surface area contributed by atoms with Gasteiger partial charge in [-0.2, -0.15) is 0 Å². The summed E-state index contributed by atoms with van der Waals surface area (Å²) in [5.41, 5.74) is 0.228. The summed E-state index contributed by atoms with van der Waals surface area (Å²) < 4.78 is 4.90. The Balaban J connectivity index is 1.41. The summed E-state index contributed by atoms with van der Waals surface area (Å²) >= 11 is 0. The Morgan fingerprint density at radius 1 is 1.12 bits per heavy atom. The third-order valence-electron chi connectivity index (χ3n) is 6.63. The van der Waals surface area contributed by atoms with Crippen molar-refractivity contribution in [2.24, 2.45) is 11.3 Å². The molecule has 1 aliphatic heterocycles. The Morgan fingerprint density at radius 3 is 2.42 bits per heavy atom. The Labute approximate surface area is 145 Å². The summed E-state index contributed by atoms with van der Waals surface area (Å²) in [6.07, 6.45) is 11.4. The number of amides is 2. The van der Waals surface area contributed by atoms with E-state index in [0.29, 0.717) is 5.91 Å². The van der Waals surface area contributed by atoms with Gasteiger partial charge >= 0.3 is 0 Å². The number of piperidine rings is 1. The van der Waals surface area contributed by atoms with Crippen molar-refractivity contribution < 1.29 is 14.3 Å². The number of rotatable bonds is 6. The molecule has 3 rings (SSSR count). The number of carbonyl (C=O) groups excluding carboxylic acids is 2. The molecule has 5 heteroatoms. The lowest BCUT2D eigenvalue weighted by molar-refractivity contribution is -0.138. The van der Waals surface area contributed by atoms with Crippen LogP contribution in [0.4, 0.5) is 0 Å². The van der Waals surface area contributed by atoms with E-state index in [1.54, 1.807) is 7.11 Å². The van der Waals surface area contributed by atoms with Crippen LogP contribution in [0, 0.1) is 11.3 Å². The summed E-state index contributed by atoms with van der Waals surface area (Å²) in [5.74, 6) is 1.12. The molecule has 0 bridgehead atoms. The summed E-state index contributed by atoms with van der Waals surface area (Å²) in [6.45, 7) is 1.86. The van der Waals surface area contributed by atoms with Crippen LogP contribution in [0.1, 0.15) is 64.2 Å². The van der Waals surface area contributed by atoms with Gasteiger partial charge in [0.2, 0.25) is 11.8 Å². The first-order chi connectivity index (χ1) is 11.6. The maximum Gasteiger partial charge on any atom is 0.246 e. The highest BCUT2D eigenvalue weighted by atomic mass is 16.5. The smallest absolute Gasteiger partial charge is 0.246 e. The van der Waals surface area contributed by atoms with Gasteiger partial charge < -0.3 is 15.0 Å². The summed E-state index contributed by atoms with van der Waals surface area (Å²) in [5, 5.41) is 3.12. The van der Waals surface area contributed by atoms with Crippen molar-refractivity contribution in [3.8, 4) is 0 Å². The van der Waals surface area contributed by atoms with E-state index < -0.39 is 0 Å². The SMILES string of the molecule is COCC(=O)NC1CCC12CCN(C(=O)CCC1CCCC1)CC2. The Hall–Kier alpha value is -1.10. The van der Waals surface area contributed by atoms with Crippen molar-refractivity contribution in [1.82, 2.24) is 10.2 Å².